The quantitative estimate of drug-likeness (QED) is 0.839. The predicted molar refractivity (Wildman–Crippen MR) is 85.1 cm³/mol. The molecule has 0 aromatic heterocycles. The fourth-order valence-electron chi connectivity index (χ4n) is 4.10. The van der Waals surface area contributed by atoms with Crippen molar-refractivity contribution in [2.45, 2.75) is 84.1 Å². The normalized spacial score (nSPS) is 32.4. The van der Waals surface area contributed by atoms with E-state index >= 15 is 0 Å². The first-order valence-electron chi connectivity index (χ1n) is 8.37. The maximum Gasteiger partial charge on any atom is 0.0789 e. The van der Waals surface area contributed by atoms with Gasteiger partial charge in [-0.2, -0.15) is 0 Å². The first kappa shape index (κ1) is 16.3. The Morgan fingerprint density at radius 2 is 1.95 bits per heavy atom. The number of hydrogen-bond donors (Lipinski definition) is 1. The van der Waals surface area contributed by atoms with Gasteiger partial charge in [0.25, 0.3) is 0 Å². The fraction of sp³-hybridized carbons (Fsp3) is 1.00. The van der Waals surface area contributed by atoms with Crippen molar-refractivity contribution >= 4 is 0 Å². The monoisotopic (exact) mass is 282 g/mol. The van der Waals surface area contributed by atoms with Gasteiger partial charge in [-0.15, -0.1) is 0 Å². The smallest absolute Gasteiger partial charge is 0.0789 e. The highest BCUT2D eigenvalue weighted by molar-refractivity contribution is 5.01. The van der Waals surface area contributed by atoms with Crippen LogP contribution in [0.4, 0.5) is 0 Å². The van der Waals surface area contributed by atoms with Crippen molar-refractivity contribution in [3.05, 3.63) is 0 Å². The maximum absolute atomic E-state index is 6.31. The molecule has 2 rings (SSSR count). The lowest BCUT2D eigenvalue weighted by atomic mass is 9.91. The Kier molecular flexibility index (Phi) is 4.83. The molecule has 0 radical (unpaired) electrons. The van der Waals surface area contributed by atoms with Crippen molar-refractivity contribution in [3.63, 3.8) is 0 Å². The van der Waals surface area contributed by atoms with Crippen LogP contribution in [-0.4, -0.2) is 47.8 Å². The van der Waals surface area contributed by atoms with Crippen LogP contribution in [0.3, 0.4) is 0 Å². The highest BCUT2D eigenvalue weighted by atomic mass is 16.5. The highest BCUT2D eigenvalue weighted by Gasteiger charge is 2.48. The van der Waals surface area contributed by atoms with Gasteiger partial charge >= 0.3 is 0 Å². The van der Waals surface area contributed by atoms with Gasteiger partial charge in [0.15, 0.2) is 0 Å². The zero-order valence-corrected chi connectivity index (χ0v) is 14.3. The lowest BCUT2D eigenvalue weighted by molar-refractivity contribution is -0.0817. The molecule has 0 aliphatic carbocycles. The molecule has 0 aromatic rings. The molecule has 20 heavy (non-hydrogen) atoms. The van der Waals surface area contributed by atoms with Crippen LogP contribution < -0.4 is 5.32 Å². The van der Waals surface area contributed by atoms with Gasteiger partial charge in [0.2, 0.25) is 0 Å². The van der Waals surface area contributed by atoms with E-state index in [0.29, 0.717) is 18.0 Å². The zero-order valence-electron chi connectivity index (χ0n) is 14.3. The Balaban J connectivity index is 2.08. The Bertz CT molecular complexity index is 319. The molecular formula is C17H34N2O. The second kappa shape index (κ2) is 5.94. The van der Waals surface area contributed by atoms with Crippen LogP contribution in [-0.2, 0) is 4.74 Å². The van der Waals surface area contributed by atoms with Gasteiger partial charge in [-0.3, -0.25) is 4.90 Å². The van der Waals surface area contributed by atoms with Crippen LogP contribution in [0.5, 0.6) is 0 Å². The molecule has 1 N–H and O–H groups in total. The minimum absolute atomic E-state index is 0.00645. The highest BCUT2D eigenvalue weighted by Crippen LogP contribution is 2.40. The Hall–Kier alpha value is -0.120. The molecule has 2 aliphatic heterocycles. The van der Waals surface area contributed by atoms with E-state index in [1.807, 2.05) is 0 Å². The number of nitrogens with zero attached hydrogens (tertiary/aromatic N) is 1. The maximum atomic E-state index is 6.31. The fourth-order valence-corrected chi connectivity index (χ4v) is 4.10. The van der Waals surface area contributed by atoms with Crippen molar-refractivity contribution in [2.24, 2.45) is 5.92 Å². The largest absolute Gasteiger partial charge is 0.368 e. The minimum Gasteiger partial charge on any atom is -0.368 e. The summed E-state index contributed by atoms with van der Waals surface area (Å²) in [5.41, 5.74) is -0.0382. The summed E-state index contributed by atoms with van der Waals surface area (Å²) in [4.78, 5) is 2.70. The summed E-state index contributed by atoms with van der Waals surface area (Å²) < 4.78 is 6.31. The van der Waals surface area contributed by atoms with E-state index in [1.165, 1.54) is 32.5 Å². The SMILES string of the molecule is CC(C)CN(CC1CCCN1)C1CC(C)(C)OC1(C)C. The first-order valence-corrected chi connectivity index (χ1v) is 8.37. The van der Waals surface area contributed by atoms with Crippen LogP contribution in [0.25, 0.3) is 0 Å². The Morgan fingerprint density at radius 1 is 1.25 bits per heavy atom. The van der Waals surface area contributed by atoms with Crippen LogP contribution in [0.15, 0.2) is 0 Å². The topological polar surface area (TPSA) is 24.5 Å². The average molecular weight is 282 g/mol. The molecule has 2 unspecified atom stereocenters. The molecule has 0 amide bonds. The molecule has 0 saturated carbocycles. The van der Waals surface area contributed by atoms with Crippen LogP contribution in [0, 0.1) is 5.92 Å². The van der Waals surface area contributed by atoms with E-state index in [-0.39, 0.29) is 11.2 Å². The molecule has 0 aromatic carbocycles. The van der Waals surface area contributed by atoms with Crippen LogP contribution >= 0.6 is 0 Å². The summed E-state index contributed by atoms with van der Waals surface area (Å²) in [7, 11) is 0. The molecular weight excluding hydrogens is 248 g/mol. The average Bonchev–Trinajstić information content (AvgIpc) is 2.82. The van der Waals surface area contributed by atoms with Crippen molar-refractivity contribution in [2.75, 3.05) is 19.6 Å². The summed E-state index contributed by atoms with van der Waals surface area (Å²) in [6.45, 7) is 17.2. The third-order valence-corrected chi connectivity index (χ3v) is 4.68. The van der Waals surface area contributed by atoms with Gasteiger partial charge in [0.1, 0.15) is 0 Å². The predicted octanol–water partition coefficient (Wildman–Crippen LogP) is 3.04. The minimum atomic E-state index is -0.0446. The van der Waals surface area contributed by atoms with E-state index in [4.69, 9.17) is 4.74 Å². The number of ether oxygens (including phenoxy) is 1. The van der Waals surface area contributed by atoms with Crippen LogP contribution in [0.2, 0.25) is 0 Å². The van der Waals surface area contributed by atoms with E-state index in [9.17, 15) is 0 Å². The van der Waals surface area contributed by atoms with Crippen LogP contribution in [0.1, 0.15) is 60.8 Å². The van der Waals surface area contributed by atoms with Gasteiger partial charge in [0, 0.05) is 25.2 Å². The summed E-state index contributed by atoms with van der Waals surface area (Å²) in [6.07, 6.45) is 3.79. The number of nitrogens with one attached hydrogen (secondary N) is 1. The lowest BCUT2D eigenvalue weighted by Gasteiger charge is -2.38. The van der Waals surface area contributed by atoms with Crippen molar-refractivity contribution < 1.29 is 4.74 Å². The van der Waals surface area contributed by atoms with Gasteiger partial charge in [-0.25, -0.2) is 0 Å². The number of hydrogen-bond acceptors (Lipinski definition) is 3. The van der Waals surface area contributed by atoms with Crippen molar-refractivity contribution in [1.82, 2.24) is 10.2 Å². The summed E-state index contributed by atoms with van der Waals surface area (Å²) in [5, 5.41) is 3.65. The van der Waals surface area contributed by atoms with E-state index in [2.05, 4.69) is 51.8 Å². The molecule has 2 saturated heterocycles. The van der Waals surface area contributed by atoms with Gasteiger partial charge < -0.3 is 10.1 Å². The van der Waals surface area contributed by atoms with E-state index in [1.54, 1.807) is 0 Å². The van der Waals surface area contributed by atoms with Gasteiger partial charge in [0.05, 0.1) is 11.2 Å². The summed E-state index contributed by atoms with van der Waals surface area (Å²) >= 11 is 0. The van der Waals surface area contributed by atoms with Crippen molar-refractivity contribution in [3.8, 4) is 0 Å². The van der Waals surface area contributed by atoms with E-state index in [0.717, 1.165) is 6.42 Å². The standard InChI is InChI=1S/C17H34N2O/c1-13(2)11-19(12-14-8-7-9-18-14)15-10-16(3,4)20-17(15,5)6/h13-15,18H,7-12H2,1-6H3. The first-order chi connectivity index (χ1) is 9.20. The third-order valence-electron chi connectivity index (χ3n) is 4.68. The molecule has 3 heteroatoms. The lowest BCUT2D eigenvalue weighted by Crippen LogP contribution is -2.51. The van der Waals surface area contributed by atoms with E-state index < -0.39 is 0 Å². The summed E-state index contributed by atoms with van der Waals surface area (Å²) in [5.74, 6) is 0.705. The molecule has 3 nitrogen and oxygen atoms in total. The molecule has 118 valence electrons. The van der Waals surface area contributed by atoms with Gasteiger partial charge in [-0.1, -0.05) is 13.8 Å². The second-order valence-electron chi connectivity index (χ2n) is 8.33. The Labute approximate surface area is 125 Å². The molecule has 0 bridgehead atoms. The Morgan fingerprint density at radius 3 is 2.40 bits per heavy atom. The summed E-state index contributed by atoms with van der Waals surface area (Å²) in [6, 6.07) is 1.20. The van der Waals surface area contributed by atoms with Gasteiger partial charge in [-0.05, 0) is 59.4 Å². The van der Waals surface area contributed by atoms with Crippen molar-refractivity contribution in [1.29, 1.82) is 0 Å². The molecule has 0 spiro atoms. The molecule has 2 fully saturated rings. The number of rotatable bonds is 5. The molecule has 2 atom stereocenters. The second-order valence-corrected chi connectivity index (χ2v) is 8.33. The third kappa shape index (κ3) is 3.96. The molecule has 2 aliphatic rings. The molecule has 2 heterocycles. The zero-order chi connectivity index (χ0) is 15.0.